The van der Waals surface area contributed by atoms with E-state index < -0.39 is 0 Å². The van der Waals surface area contributed by atoms with Crippen molar-refractivity contribution in [3.8, 4) is 11.8 Å². The number of urea groups is 1. The SMILES string of the molecule is N#CCCN(C(=O)Nc1ccc2c(c1)CCCO2)C1CC1. The number of aryl methyl sites for hydroxylation is 1. The van der Waals surface area contributed by atoms with Gasteiger partial charge in [-0.05, 0) is 49.4 Å². The number of carbonyl (C=O) groups is 1. The lowest BCUT2D eigenvalue weighted by Gasteiger charge is -2.23. The molecule has 1 aromatic carbocycles. The average Bonchev–Trinajstić information content (AvgIpc) is 3.32. The molecule has 21 heavy (non-hydrogen) atoms. The van der Waals surface area contributed by atoms with Crippen LogP contribution >= 0.6 is 0 Å². The Labute approximate surface area is 124 Å². The third-order valence-corrected chi connectivity index (χ3v) is 3.87. The van der Waals surface area contributed by atoms with E-state index in [9.17, 15) is 4.79 Å². The molecular weight excluding hydrogens is 266 g/mol. The Bertz CT molecular complexity index is 575. The maximum atomic E-state index is 12.3. The summed E-state index contributed by atoms with van der Waals surface area (Å²) in [6.45, 7) is 1.27. The van der Waals surface area contributed by atoms with Crippen LogP contribution in [0.4, 0.5) is 10.5 Å². The number of benzene rings is 1. The maximum Gasteiger partial charge on any atom is 0.322 e. The van der Waals surface area contributed by atoms with Gasteiger partial charge >= 0.3 is 6.03 Å². The molecule has 0 unspecified atom stereocenters. The van der Waals surface area contributed by atoms with Crippen molar-refractivity contribution in [2.24, 2.45) is 0 Å². The fourth-order valence-corrected chi connectivity index (χ4v) is 2.64. The first kappa shape index (κ1) is 13.7. The molecule has 1 aliphatic heterocycles. The summed E-state index contributed by atoms with van der Waals surface area (Å²) in [5.41, 5.74) is 1.95. The molecule has 0 atom stereocenters. The van der Waals surface area contributed by atoms with E-state index in [0.29, 0.717) is 19.0 Å². The zero-order valence-electron chi connectivity index (χ0n) is 12.0. The van der Waals surface area contributed by atoms with Crippen molar-refractivity contribution >= 4 is 11.7 Å². The molecule has 5 nitrogen and oxygen atoms in total. The van der Waals surface area contributed by atoms with Crippen molar-refractivity contribution in [3.63, 3.8) is 0 Å². The zero-order valence-corrected chi connectivity index (χ0v) is 12.0. The number of rotatable bonds is 4. The number of hydrogen-bond acceptors (Lipinski definition) is 3. The third kappa shape index (κ3) is 3.27. The Morgan fingerprint density at radius 1 is 1.48 bits per heavy atom. The lowest BCUT2D eigenvalue weighted by molar-refractivity contribution is 0.210. The predicted octanol–water partition coefficient (Wildman–Crippen LogP) is 2.92. The van der Waals surface area contributed by atoms with Crippen LogP contribution in [0.5, 0.6) is 5.75 Å². The number of fused-ring (bicyclic) bond motifs is 1. The number of nitriles is 1. The summed E-state index contributed by atoms with van der Waals surface area (Å²) in [6, 6.07) is 8.08. The minimum Gasteiger partial charge on any atom is -0.493 e. The summed E-state index contributed by atoms with van der Waals surface area (Å²) in [4.78, 5) is 14.1. The van der Waals surface area contributed by atoms with E-state index in [1.165, 1.54) is 0 Å². The van der Waals surface area contributed by atoms with E-state index in [0.717, 1.165) is 49.3 Å². The van der Waals surface area contributed by atoms with Crippen molar-refractivity contribution in [1.29, 1.82) is 5.26 Å². The highest BCUT2D eigenvalue weighted by Crippen LogP contribution is 2.30. The highest BCUT2D eigenvalue weighted by Gasteiger charge is 2.32. The van der Waals surface area contributed by atoms with E-state index in [1.807, 2.05) is 18.2 Å². The Hall–Kier alpha value is -2.22. The van der Waals surface area contributed by atoms with Crippen molar-refractivity contribution < 1.29 is 9.53 Å². The fourth-order valence-electron chi connectivity index (χ4n) is 2.64. The first-order valence-corrected chi connectivity index (χ1v) is 7.48. The first-order chi connectivity index (χ1) is 10.3. The minimum absolute atomic E-state index is 0.107. The molecule has 1 saturated carbocycles. The van der Waals surface area contributed by atoms with Crippen LogP contribution in [-0.2, 0) is 6.42 Å². The van der Waals surface area contributed by atoms with Gasteiger partial charge in [0.15, 0.2) is 0 Å². The maximum absolute atomic E-state index is 12.3. The van der Waals surface area contributed by atoms with E-state index in [2.05, 4.69) is 11.4 Å². The van der Waals surface area contributed by atoms with Gasteiger partial charge in [0.1, 0.15) is 5.75 Å². The standard InChI is InChI=1S/C16H19N3O2/c17-8-2-9-19(14-5-6-14)16(20)18-13-4-7-15-12(11-13)3-1-10-21-15/h4,7,11,14H,1-3,5-6,9-10H2,(H,18,20). The number of nitrogens with one attached hydrogen (secondary N) is 1. The fraction of sp³-hybridized carbons (Fsp3) is 0.500. The van der Waals surface area contributed by atoms with Crippen molar-refractivity contribution in [3.05, 3.63) is 23.8 Å². The van der Waals surface area contributed by atoms with Crippen LogP contribution in [0, 0.1) is 11.3 Å². The third-order valence-electron chi connectivity index (χ3n) is 3.87. The molecule has 1 aromatic rings. The van der Waals surface area contributed by atoms with Crippen molar-refractivity contribution in [2.45, 2.75) is 38.1 Å². The Kier molecular flexibility index (Phi) is 3.96. The number of carbonyl (C=O) groups excluding carboxylic acids is 1. The first-order valence-electron chi connectivity index (χ1n) is 7.48. The Morgan fingerprint density at radius 2 is 2.33 bits per heavy atom. The highest BCUT2D eigenvalue weighted by atomic mass is 16.5. The van der Waals surface area contributed by atoms with Gasteiger partial charge in [0.25, 0.3) is 0 Å². The van der Waals surface area contributed by atoms with Gasteiger partial charge in [-0.1, -0.05) is 0 Å². The number of anilines is 1. The number of hydrogen-bond donors (Lipinski definition) is 1. The summed E-state index contributed by atoms with van der Waals surface area (Å²) in [6.07, 6.45) is 4.45. The molecule has 1 heterocycles. The molecule has 0 saturated heterocycles. The van der Waals surface area contributed by atoms with Crippen LogP contribution in [0.15, 0.2) is 18.2 Å². The molecule has 110 valence electrons. The van der Waals surface area contributed by atoms with Gasteiger partial charge in [-0.2, -0.15) is 5.26 Å². The van der Waals surface area contributed by atoms with Crippen molar-refractivity contribution in [1.82, 2.24) is 4.90 Å². The van der Waals surface area contributed by atoms with Crippen LogP contribution in [0.2, 0.25) is 0 Å². The van der Waals surface area contributed by atoms with Gasteiger partial charge in [0.05, 0.1) is 19.1 Å². The number of nitrogens with zero attached hydrogens (tertiary/aromatic N) is 2. The topological polar surface area (TPSA) is 65.4 Å². The second-order valence-corrected chi connectivity index (χ2v) is 5.54. The lowest BCUT2D eigenvalue weighted by atomic mass is 10.1. The Balaban J connectivity index is 1.67. The molecule has 5 heteroatoms. The molecule has 1 aliphatic carbocycles. The van der Waals surface area contributed by atoms with Crippen LogP contribution in [0.25, 0.3) is 0 Å². The summed E-state index contributed by atoms with van der Waals surface area (Å²) in [5.74, 6) is 0.919. The van der Waals surface area contributed by atoms with Crippen LogP contribution < -0.4 is 10.1 Å². The molecule has 1 N–H and O–H groups in total. The van der Waals surface area contributed by atoms with Gasteiger partial charge in [-0.15, -0.1) is 0 Å². The summed E-state index contributed by atoms with van der Waals surface area (Å²) < 4.78 is 5.57. The molecule has 0 spiro atoms. The smallest absolute Gasteiger partial charge is 0.322 e. The number of amides is 2. The summed E-state index contributed by atoms with van der Waals surface area (Å²) in [7, 11) is 0. The highest BCUT2D eigenvalue weighted by molar-refractivity contribution is 5.90. The zero-order chi connectivity index (χ0) is 14.7. The van der Waals surface area contributed by atoms with Crippen LogP contribution in [0.1, 0.15) is 31.2 Å². The minimum atomic E-state index is -0.107. The van der Waals surface area contributed by atoms with Crippen LogP contribution in [-0.4, -0.2) is 30.1 Å². The van der Waals surface area contributed by atoms with E-state index in [1.54, 1.807) is 4.90 Å². The average molecular weight is 285 g/mol. The Morgan fingerprint density at radius 3 is 3.10 bits per heavy atom. The van der Waals surface area contributed by atoms with E-state index >= 15 is 0 Å². The molecule has 0 bridgehead atoms. The van der Waals surface area contributed by atoms with Crippen LogP contribution in [0.3, 0.4) is 0 Å². The number of ether oxygens (including phenoxy) is 1. The van der Waals surface area contributed by atoms with Gasteiger partial charge in [-0.25, -0.2) is 4.79 Å². The second-order valence-electron chi connectivity index (χ2n) is 5.54. The molecule has 0 radical (unpaired) electrons. The van der Waals surface area contributed by atoms with Gasteiger partial charge < -0.3 is 15.0 Å². The lowest BCUT2D eigenvalue weighted by Crippen LogP contribution is -2.37. The predicted molar refractivity (Wildman–Crippen MR) is 79.2 cm³/mol. The summed E-state index contributed by atoms with van der Waals surface area (Å²) in [5, 5.41) is 11.6. The monoisotopic (exact) mass is 285 g/mol. The molecule has 2 amide bonds. The van der Waals surface area contributed by atoms with E-state index in [-0.39, 0.29) is 6.03 Å². The normalized spacial score (nSPS) is 16.3. The van der Waals surface area contributed by atoms with Crippen molar-refractivity contribution in [2.75, 3.05) is 18.5 Å². The quantitative estimate of drug-likeness (QED) is 0.925. The molecule has 3 rings (SSSR count). The molecule has 0 aromatic heterocycles. The van der Waals surface area contributed by atoms with Gasteiger partial charge in [-0.3, -0.25) is 0 Å². The molecule has 1 fully saturated rings. The summed E-state index contributed by atoms with van der Waals surface area (Å²) >= 11 is 0. The second kappa shape index (κ2) is 6.04. The molecule has 2 aliphatic rings. The van der Waals surface area contributed by atoms with E-state index in [4.69, 9.17) is 10.00 Å². The van der Waals surface area contributed by atoms with Gasteiger partial charge in [0, 0.05) is 18.3 Å². The molecular formula is C16H19N3O2. The van der Waals surface area contributed by atoms with Gasteiger partial charge in [0.2, 0.25) is 0 Å². The largest absolute Gasteiger partial charge is 0.493 e.